The molecule has 0 aliphatic carbocycles. The van der Waals surface area contributed by atoms with E-state index in [9.17, 15) is 0 Å². The van der Waals surface area contributed by atoms with Crippen molar-refractivity contribution in [1.82, 2.24) is 14.4 Å². The molecule has 0 spiro atoms. The van der Waals surface area contributed by atoms with Crippen molar-refractivity contribution in [1.29, 1.82) is 0 Å². The Balaban J connectivity index is 1.92. The Morgan fingerprint density at radius 3 is 2.89 bits per heavy atom. The Bertz CT molecular complexity index is 700. The maximum atomic E-state index is 4.70. The van der Waals surface area contributed by atoms with E-state index in [2.05, 4.69) is 54.2 Å². The van der Waals surface area contributed by atoms with Crippen molar-refractivity contribution in [2.24, 2.45) is 0 Å². The molecule has 0 saturated heterocycles. The van der Waals surface area contributed by atoms with E-state index in [1.54, 1.807) is 22.7 Å². The molecule has 4 nitrogen and oxygen atoms in total. The molecule has 0 bridgehead atoms. The summed E-state index contributed by atoms with van der Waals surface area (Å²) in [4.78, 5) is 12.4. The van der Waals surface area contributed by atoms with Crippen LogP contribution in [0.25, 0.3) is 4.96 Å². The van der Waals surface area contributed by atoms with Crippen molar-refractivity contribution in [3.05, 3.63) is 33.4 Å². The number of fused-ring (bicyclic) bond motifs is 1. The van der Waals surface area contributed by atoms with Gasteiger partial charge >= 0.3 is 0 Å². The van der Waals surface area contributed by atoms with Crippen LogP contribution in [0.3, 0.4) is 0 Å². The monoisotopic (exact) mass is 356 g/mol. The quantitative estimate of drug-likeness (QED) is 0.668. The van der Waals surface area contributed by atoms with E-state index in [-0.39, 0.29) is 0 Å². The number of hydrogen-bond donors (Lipinski definition) is 0. The first-order valence-electron chi connectivity index (χ1n) is 5.81. The van der Waals surface area contributed by atoms with E-state index < -0.39 is 0 Å². The molecule has 3 aromatic heterocycles. The SMILES string of the molecule is Cc1nc(CN(C)c2nc3sccn3c2CBr)cs1. The third-order valence-electron chi connectivity index (χ3n) is 2.89. The summed E-state index contributed by atoms with van der Waals surface area (Å²) >= 11 is 6.90. The maximum Gasteiger partial charge on any atom is 0.195 e. The fourth-order valence-corrected chi connectivity index (χ4v) is 3.90. The molecule has 3 rings (SSSR count). The summed E-state index contributed by atoms with van der Waals surface area (Å²) in [5.41, 5.74) is 2.28. The lowest BCUT2D eigenvalue weighted by molar-refractivity contribution is 0.868. The van der Waals surface area contributed by atoms with Crippen LogP contribution in [0.15, 0.2) is 17.0 Å². The highest BCUT2D eigenvalue weighted by Gasteiger charge is 2.16. The number of anilines is 1. The molecule has 100 valence electrons. The van der Waals surface area contributed by atoms with Crippen LogP contribution < -0.4 is 4.90 Å². The zero-order chi connectivity index (χ0) is 13.4. The molecule has 3 heterocycles. The minimum absolute atomic E-state index is 0.787. The van der Waals surface area contributed by atoms with E-state index in [1.807, 2.05) is 6.92 Å². The molecule has 0 aromatic carbocycles. The summed E-state index contributed by atoms with van der Waals surface area (Å²) < 4.78 is 2.14. The summed E-state index contributed by atoms with van der Waals surface area (Å²) in [6.07, 6.45) is 2.06. The van der Waals surface area contributed by atoms with Crippen LogP contribution in [0.5, 0.6) is 0 Å². The first-order chi connectivity index (χ1) is 9.19. The number of rotatable bonds is 4. The van der Waals surface area contributed by atoms with Gasteiger partial charge in [-0.2, -0.15) is 0 Å². The molecule has 0 fully saturated rings. The topological polar surface area (TPSA) is 33.4 Å². The van der Waals surface area contributed by atoms with Crippen LogP contribution in [-0.2, 0) is 11.9 Å². The summed E-state index contributed by atoms with van der Waals surface area (Å²) in [5.74, 6) is 1.02. The van der Waals surface area contributed by atoms with Gasteiger partial charge in [-0.25, -0.2) is 9.97 Å². The third kappa shape index (κ3) is 2.42. The Morgan fingerprint density at radius 1 is 1.37 bits per heavy atom. The second kappa shape index (κ2) is 5.22. The van der Waals surface area contributed by atoms with Gasteiger partial charge in [-0.3, -0.25) is 4.40 Å². The van der Waals surface area contributed by atoms with Crippen molar-refractivity contribution in [3.8, 4) is 0 Å². The van der Waals surface area contributed by atoms with Gasteiger partial charge in [-0.05, 0) is 6.92 Å². The van der Waals surface area contributed by atoms with Crippen LogP contribution >= 0.6 is 38.6 Å². The van der Waals surface area contributed by atoms with Crippen molar-refractivity contribution < 1.29 is 0 Å². The normalized spacial score (nSPS) is 11.3. The molecule has 0 radical (unpaired) electrons. The van der Waals surface area contributed by atoms with E-state index in [0.29, 0.717) is 0 Å². The molecule has 19 heavy (non-hydrogen) atoms. The smallest absolute Gasteiger partial charge is 0.195 e. The Kier molecular flexibility index (Phi) is 3.60. The summed E-state index contributed by atoms with van der Waals surface area (Å²) in [6.45, 7) is 2.82. The standard InChI is InChI=1S/C12H13BrN4S2/c1-8-14-9(7-19-8)6-16(2)11-10(5-13)17-3-4-18-12(17)15-11/h3-4,7H,5-6H2,1-2H3. The first-order valence-corrected chi connectivity index (χ1v) is 8.69. The van der Waals surface area contributed by atoms with Crippen LogP contribution in [0, 0.1) is 6.92 Å². The van der Waals surface area contributed by atoms with Gasteiger partial charge in [0.2, 0.25) is 0 Å². The third-order valence-corrected chi connectivity index (χ3v) is 5.00. The maximum absolute atomic E-state index is 4.70. The minimum atomic E-state index is 0.787. The van der Waals surface area contributed by atoms with Crippen molar-refractivity contribution >= 4 is 49.4 Å². The zero-order valence-electron chi connectivity index (χ0n) is 10.6. The number of halogens is 1. The fraction of sp³-hybridized carbons (Fsp3) is 0.333. The lowest BCUT2D eigenvalue weighted by Crippen LogP contribution is -2.18. The number of hydrogen-bond acceptors (Lipinski definition) is 5. The molecule has 0 aliphatic heterocycles. The number of aryl methyl sites for hydroxylation is 1. The van der Waals surface area contributed by atoms with Crippen LogP contribution in [0.1, 0.15) is 16.4 Å². The van der Waals surface area contributed by atoms with Crippen LogP contribution in [-0.4, -0.2) is 21.4 Å². The first kappa shape index (κ1) is 13.1. The Labute approximate surface area is 127 Å². The predicted molar refractivity (Wildman–Crippen MR) is 84.7 cm³/mol. The Morgan fingerprint density at radius 2 is 2.21 bits per heavy atom. The molecular formula is C12H13BrN4S2. The average Bonchev–Trinajstić information content (AvgIpc) is 3.03. The number of alkyl halides is 1. The van der Waals surface area contributed by atoms with Crippen molar-refractivity contribution in [2.45, 2.75) is 18.8 Å². The predicted octanol–water partition coefficient (Wildman–Crippen LogP) is 3.69. The van der Waals surface area contributed by atoms with Crippen molar-refractivity contribution in [2.75, 3.05) is 11.9 Å². The highest BCUT2D eigenvalue weighted by Crippen LogP contribution is 2.26. The van der Waals surface area contributed by atoms with Gasteiger partial charge in [0.25, 0.3) is 0 Å². The number of imidazole rings is 1. The van der Waals surface area contributed by atoms with Gasteiger partial charge < -0.3 is 4.90 Å². The molecular weight excluding hydrogens is 344 g/mol. The molecule has 0 aliphatic rings. The van der Waals surface area contributed by atoms with Crippen LogP contribution in [0.2, 0.25) is 0 Å². The number of aromatic nitrogens is 3. The number of nitrogens with zero attached hydrogens (tertiary/aromatic N) is 4. The van der Waals surface area contributed by atoms with Gasteiger partial charge in [-0.1, -0.05) is 15.9 Å². The summed E-state index contributed by atoms with van der Waals surface area (Å²) in [7, 11) is 2.06. The summed E-state index contributed by atoms with van der Waals surface area (Å²) in [5, 5.41) is 6.07. The van der Waals surface area contributed by atoms with Gasteiger partial charge in [0.05, 0.1) is 22.9 Å². The van der Waals surface area contributed by atoms with E-state index in [1.165, 1.54) is 5.69 Å². The lowest BCUT2D eigenvalue weighted by atomic mass is 10.4. The molecule has 0 atom stereocenters. The molecule has 7 heteroatoms. The molecule has 0 N–H and O–H groups in total. The van der Waals surface area contributed by atoms with Gasteiger partial charge in [-0.15, -0.1) is 22.7 Å². The van der Waals surface area contributed by atoms with E-state index in [0.717, 1.165) is 33.4 Å². The highest BCUT2D eigenvalue weighted by molar-refractivity contribution is 9.08. The fourth-order valence-electron chi connectivity index (χ4n) is 2.05. The zero-order valence-corrected chi connectivity index (χ0v) is 13.8. The van der Waals surface area contributed by atoms with Gasteiger partial charge in [0.1, 0.15) is 0 Å². The lowest BCUT2D eigenvalue weighted by Gasteiger charge is -2.16. The number of thiazole rings is 2. The highest BCUT2D eigenvalue weighted by atomic mass is 79.9. The van der Waals surface area contributed by atoms with E-state index in [4.69, 9.17) is 4.98 Å². The molecule has 0 unspecified atom stereocenters. The minimum Gasteiger partial charge on any atom is -0.352 e. The Hall–Kier alpha value is -0.920. The largest absolute Gasteiger partial charge is 0.352 e. The summed E-state index contributed by atoms with van der Waals surface area (Å²) in [6, 6.07) is 0. The second-order valence-electron chi connectivity index (χ2n) is 4.29. The van der Waals surface area contributed by atoms with Gasteiger partial charge in [0, 0.05) is 29.3 Å². The van der Waals surface area contributed by atoms with Crippen molar-refractivity contribution in [3.63, 3.8) is 0 Å². The molecule has 0 amide bonds. The van der Waals surface area contributed by atoms with Gasteiger partial charge in [0.15, 0.2) is 10.8 Å². The second-order valence-corrected chi connectivity index (χ2v) is 6.78. The van der Waals surface area contributed by atoms with Crippen LogP contribution in [0.4, 0.5) is 5.82 Å². The van der Waals surface area contributed by atoms with E-state index >= 15 is 0 Å². The average molecular weight is 357 g/mol. The molecule has 0 saturated carbocycles. The molecule has 3 aromatic rings.